The molecule has 0 aliphatic heterocycles. The third kappa shape index (κ3) is 10.9. The van der Waals surface area contributed by atoms with E-state index in [2.05, 4.69) is 5.32 Å². The normalized spacial score (nSPS) is 9.52. The highest BCUT2D eigenvalue weighted by molar-refractivity contribution is 5.76. The van der Waals surface area contributed by atoms with E-state index in [1.807, 2.05) is 45.2 Å². The van der Waals surface area contributed by atoms with E-state index in [1.165, 1.54) is 6.92 Å². The van der Waals surface area contributed by atoms with Gasteiger partial charge in [0.15, 0.2) is 5.78 Å². The average molecular weight is 295 g/mol. The zero-order valence-electron chi connectivity index (χ0n) is 13.8. The largest absolute Gasteiger partial charge is 0.494 e. The van der Waals surface area contributed by atoms with Crippen LogP contribution >= 0.6 is 0 Å². The number of unbranched alkanes of at least 4 members (excludes halogenated alkanes) is 2. The fourth-order valence-corrected chi connectivity index (χ4v) is 1.63. The number of hydrogen-bond acceptors (Lipinski definition) is 4. The number of benzene rings is 1. The minimum atomic E-state index is 0.0766. The number of hydrogen-bond donors (Lipinski definition) is 1. The molecule has 1 N–H and O–H groups in total. The Morgan fingerprint density at radius 2 is 1.86 bits per heavy atom. The third-order valence-electron chi connectivity index (χ3n) is 2.63. The number of carbonyl (C=O) groups excluding carboxylic acids is 1. The molecule has 4 nitrogen and oxygen atoms in total. The van der Waals surface area contributed by atoms with Crippen molar-refractivity contribution in [1.82, 2.24) is 0 Å². The van der Waals surface area contributed by atoms with Gasteiger partial charge in [0.1, 0.15) is 12.4 Å². The number of rotatable bonds is 10. The maximum absolute atomic E-state index is 10.6. The van der Waals surface area contributed by atoms with Crippen molar-refractivity contribution in [3.8, 4) is 5.75 Å². The van der Waals surface area contributed by atoms with Crippen molar-refractivity contribution in [2.75, 3.05) is 32.2 Å². The molecule has 0 heterocycles. The number of ether oxygens (including phenoxy) is 2. The van der Waals surface area contributed by atoms with Crippen LogP contribution in [0.5, 0.6) is 5.75 Å². The van der Waals surface area contributed by atoms with Gasteiger partial charge in [-0.15, -0.1) is 0 Å². The van der Waals surface area contributed by atoms with Crippen molar-refractivity contribution in [2.24, 2.45) is 0 Å². The lowest BCUT2D eigenvalue weighted by Crippen LogP contribution is -2.05. The van der Waals surface area contributed by atoms with Gasteiger partial charge in [0.05, 0.1) is 6.61 Å². The summed E-state index contributed by atoms with van der Waals surface area (Å²) < 4.78 is 10.8. The molecule has 21 heavy (non-hydrogen) atoms. The molecular formula is C17H29NO3. The molecule has 0 aliphatic carbocycles. The summed E-state index contributed by atoms with van der Waals surface area (Å²) in [5.74, 6) is 0.965. The minimum Gasteiger partial charge on any atom is -0.494 e. The van der Waals surface area contributed by atoms with Crippen LogP contribution in [0.4, 0.5) is 5.69 Å². The van der Waals surface area contributed by atoms with E-state index in [0.29, 0.717) is 13.2 Å². The molecule has 120 valence electrons. The Balaban J connectivity index is 0.00000191. The Labute approximate surface area is 128 Å². The van der Waals surface area contributed by atoms with Crippen LogP contribution in [-0.2, 0) is 9.53 Å². The van der Waals surface area contributed by atoms with Crippen molar-refractivity contribution in [1.29, 1.82) is 0 Å². The van der Waals surface area contributed by atoms with E-state index in [-0.39, 0.29) is 12.4 Å². The molecule has 0 amide bonds. The van der Waals surface area contributed by atoms with Gasteiger partial charge in [0.25, 0.3) is 0 Å². The Morgan fingerprint density at radius 1 is 1.14 bits per heavy atom. The Bertz CT molecular complexity index is 380. The van der Waals surface area contributed by atoms with Gasteiger partial charge in [-0.3, -0.25) is 4.79 Å². The molecule has 1 aromatic carbocycles. The number of anilines is 1. The monoisotopic (exact) mass is 295 g/mol. The van der Waals surface area contributed by atoms with Crippen molar-refractivity contribution < 1.29 is 14.3 Å². The zero-order chi connectivity index (χ0) is 15.9. The topological polar surface area (TPSA) is 47.6 Å². The molecule has 0 aromatic heterocycles. The highest BCUT2D eigenvalue weighted by Gasteiger charge is 1.96. The van der Waals surface area contributed by atoms with Gasteiger partial charge in [0.2, 0.25) is 0 Å². The lowest BCUT2D eigenvalue weighted by Gasteiger charge is -2.08. The molecule has 4 heteroatoms. The van der Waals surface area contributed by atoms with Gasteiger partial charge in [-0.2, -0.15) is 0 Å². The molecule has 0 aliphatic rings. The Hall–Kier alpha value is -1.55. The maximum Gasteiger partial charge on any atom is 0.155 e. The van der Waals surface area contributed by atoms with E-state index in [1.54, 1.807) is 0 Å². The fourth-order valence-electron chi connectivity index (χ4n) is 1.63. The first-order valence-electron chi connectivity index (χ1n) is 7.70. The van der Waals surface area contributed by atoms with E-state index in [9.17, 15) is 4.79 Å². The van der Waals surface area contributed by atoms with Crippen LogP contribution in [0.2, 0.25) is 0 Å². The predicted molar refractivity (Wildman–Crippen MR) is 88.2 cm³/mol. The standard InChI is InChI=1S/C15H23NO3.C2H6/c1-13(17)12-18-9-4-3-5-10-19-15-8-6-7-14(11-15)16-2;1-2/h6-8,11,16H,3-5,9-10,12H2,1-2H3;1-2H3. The number of carbonyl (C=O) groups is 1. The number of ketones is 1. The molecule has 1 rings (SSSR count). The first-order chi connectivity index (χ1) is 10.2. The molecule has 0 saturated heterocycles. The lowest BCUT2D eigenvalue weighted by molar-refractivity contribution is -0.121. The first-order valence-corrected chi connectivity index (χ1v) is 7.70. The molecule has 0 radical (unpaired) electrons. The zero-order valence-corrected chi connectivity index (χ0v) is 13.8. The highest BCUT2D eigenvalue weighted by atomic mass is 16.5. The summed E-state index contributed by atoms with van der Waals surface area (Å²) in [5.41, 5.74) is 1.05. The second-order valence-corrected chi connectivity index (χ2v) is 4.44. The van der Waals surface area contributed by atoms with Crippen LogP contribution in [0.1, 0.15) is 40.0 Å². The second kappa shape index (κ2) is 13.4. The lowest BCUT2D eigenvalue weighted by atomic mass is 10.2. The van der Waals surface area contributed by atoms with Crippen molar-refractivity contribution >= 4 is 11.5 Å². The number of nitrogens with one attached hydrogen (secondary N) is 1. The summed E-state index contributed by atoms with van der Waals surface area (Å²) in [6.45, 7) is 7.12. The van der Waals surface area contributed by atoms with Gasteiger partial charge in [0, 0.05) is 25.4 Å². The van der Waals surface area contributed by atoms with Crippen LogP contribution < -0.4 is 10.1 Å². The number of Topliss-reactive ketones (excluding diaryl/α,β-unsaturated/α-hetero) is 1. The van der Waals surface area contributed by atoms with E-state index in [0.717, 1.165) is 30.7 Å². The van der Waals surface area contributed by atoms with Crippen LogP contribution in [0, 0.1) is 0 Å². The SMILES string of the molecule is CC.CNc1cccc(OCCCCCOCC(C)=O)c1. The average Bonchev–Trinajstić information content (AvgIpc) is 2.52. The summed E-state index contributed by atoms with van der Waals surface area (Å²) in [7, 11) is 1.89. The Kier molecular flexibility index (Phi) is 12.4. The van der Waals surface area contributed by atoms with Crippen molar-refractivity contribution in [3.63, 3.8) is 0 Å². The molecular weight excluding hydrogens is 266 g/mol. The molecule has 0 fully saturated rings. The molecule has 0 atom stereocenters. The summed E-state index contributed by atoms with van der Waals surface area (Å²) in [6, 6.07) is 7.91. The predicted octanol–water partition coefficient (Wildman–Crippen LogP) is 3.91. The van der Waals surface area contributed by atoms with E-state index < -0.39 is 0 Å². The van der Waals surface area contributed by atoms with Gasteiger partial charge >= 0.3 is 0 Å². The molecule has 0 saturated carbocycles. The van der Waals surface area contributed by atoms with Crippen LogP contribution in [-0.4, -0.2) is 32.7 Å². The van der Waals surface area contributed by atoms with Crippen molar-refractivity contribution in [3.05, 3.63) is 24.3 Å². The van der Waals surface area contributed by atoms with Gasteiger partial charge in [-0.05, 0) is 38.3 Å². The van der Waals surface area contributed by atoms with Gasteiger partial charge < -0.3 is 14.8 Å². The van der Waals surface area contributed by atoms with Crippen LogP contribution in [0.3, 0.4) is 0 Å². The Morgan fingerprint density at radius 3 is 2.52 bits per heavy atom. The van der Waals surface area contributed by atoms with E-state index >= 15 is 0 Å². The summed E-state index contributed by atoms with van der Waals surface area (Å²) in [6.07, 6.45) is 3.00. The third-order valence-corrected chi connectivity index (χ3v) is 2.63. The fraction of sp³-hybridized carbons (Fsp3) is 0.588. The summed E-state index contributed by atoms with van der Waals surface area (Å²) >= 11 is 0. The maximum atomic E-state index is 10.6. The minimum absolute atomic E-state index is 0.0766. The quantitative estimate of drug-likeness (QED) is 0.665. The van der Waals surface area contributed by atoms with Crippen molar-refractivity contribution in [2.45, 2.75) is 40.0 Å². The molecule has 0 spiro atoms. The van der Waals surface area contributed by atoms with Gasteiger partial charge in [-0.25, -0.2) is 0 Å². The smallest absolute Gasteiger partial charge is 0.155 e. The molecule has 1 aromatic rings. The summed E-state index contributed by atoms with van der Waals surface area (Å²) in [4.78, 5) is 10.6. The first kappa shape index (κ1) is 19.4. The van der Waals surface area contributed by atoms with Gasteiger partial charge in [-0.1, -0.05) is 19.9 Å². The van der Waals surface area contributed by atoms with E-state index in [4.69, 9.17) is 9.47 Å². The van der Waals surface area contributed by atoms with Crippen LogP contribution in [0.25, 0.3) is 0 Å². The molecule has 0 unspecified atom stereocenters. The van der Waals surface area contributed by atoms with Crippen LogP contribution in [0.15, 0.2) is 24.3 Å². The highest BCUT2D eigenvalue weighted by Crippen LogP contribution is 2.16. The molecule has 0 bridgehead atoms. The summed E-state index contributed by atoms with van der Waals surface area (Å²) in [5, 5.41) is 3.08. The second-order valence-electron chi connectivity index (χ2n) is 4.44.